The molecular formula is C28H32N2O4S. The van der Waals surface area contributed by atoms with Crippen LogP contribution in [0.15, 0.2) is 78.9 Å². The van der Waals surface area contributed by atoms with Crippen molar-refractivity contribution in [3.63, 3.8) is 0 Å². The molecule has 6 nitrogen and oxygen atoms in total. The zero-order chi connectivity index (χ0) is 24.7. The topological polar surface area (TPSA) is 68.8 Å². The van der Waals surface area contributed by atoms with Gasteiger partial charge in [0.2, 0.25) is 0 Å². The number of para-hydroxylation sites is 2. The summed E-state index contributed by atoms with van der Waals surface area (Å²) in [4.78, 5) is 12.8. The van der Waals surface area contributed by atoms with Crippen LogP contribution in [0.3, 0.4) is 0 Å². The average molecular weight is 493 g/mol. The molecule has 0 aliphatic carbocycles. The van der Waals surface area contributed by atoms with Crippen LogP contribution in [-0.2, 0) is 0 Å². The molecule has 0 saturated carbocycles. The molecule has 0 bridgehead atoms. The lowest BCUT2D eigenvalue weighted by Gasteiger charge is -2.14. The summed E-state index contributed by atoms with van der Waals surface area (Å²) in [7, 11) is 0. The molecule has 0 atom stereocenters. The van der Waals surface area contributed by atoms with Crippen molar-refractivity contribution in [2.75, 3.05) is 25.1 Å². The third-order valence-corrected chi connectivity index (χ3v) is 5.29. The molecule has 1 amide bonds. The number of rotatable bonds is 13. The highest BCUT2D eigenvalue weighted by Crippen LogP contribution is 2.19. The molecule has 0 fully saturated rings. The van der Waals surface area contributed by atoms with E-state index in [4.69, 9.17) is 26.4 Å². The zero-order valence-corrected chi connectivity index (χ0v) is 20.8. The minimum absolute atomic E-state index is 0.199. The second-order valence-electron chi connectivity index (χ2n) is 7.85. The zero-order valence-electron chi connectivity index (χ0n) is 20.0. The lowest BCUT2D eigenvalue weighted by Crippen LogP contribution is -2.34. The van der Waals surface area contributed by atoms with Gasteiger partial charge < -0.3 is 19.5 Å². The maximum absolute atomic E-state index is 12.8. The summed E-state index contributed by atoms with van der Waals surface area (Å²) < 4.78 is 17.2. The molecule has 3 aromatic rings. The monoisotopic (exact) mass is 492 g/mol. The van der Waals surface area contributed by atoms with E-state index in [1.807, 2.05) is 60.7 Å². The number of anilines is 1. The standard InChI is InChI=1S/C28H32N2O4S/c1-2-3-4-10-19-32-24-17-15-22(16-18-24)29-28(35)30-27(31)25-13-8-9-14-26(25)34-21-20-33-23-11-6-5-7-12-23/h5-9,11-18H,2-4,10,19-21H2,1H3,(H2,29,30,31,35). The Balaban J connectivity index is 1.44. The Morgan fingerprint density at radius 1 is 0.743 bits per heavy atom. The van der Waals surface area contributed by atoms with Gasteiger partial charge in [-0.05, 0) is 67.2 Å². The number of unbranched alkanes of at least 4 members (excludes halogenated alkanes) is 3. The highest BCUT2D eigenvalue weighted by molar-refractivity contribution is 7.80. The Labute approximate surface area is 212 Å². The minimum atomic E-state index is -0.353. The number of carbonyl (C=O) groups excluding carboxylic acids is 1. The number of thiocarbonyl (C=S) groups is 1. The minimum Gasteiger partial charge on any atom is -0.494 e. The number of amides is 1. The number of carbonyl (C=O) groups is 1. The number of ether oxygens (including phenoxy) is 3. The summed E-state index contributed by atoms with van der Waals surface area (Å²) in [5.41, 5.74) is 1.15. The molecule has 184 valence electrons. The molecule has 0 saturated heterocycles. The van der Waals surface area contributed by atoms with Gasteiger partial charge in [-0.25, -0.2) is 0 Å². The number of hydrogen-bond acceptors (Lipinski definition) is 5. The van der Waals surface area contributed by atoms with Gasteiger partial charge in [-0.3, -0.25) is 10.1 Å². The summed E-state index contributed by atoms with van der Waals surface area (Å²) in [6.45, 7) is 3.56. The normalized spacial score (nSPS) is 10.3. The summed E-state index contributed by atoms with van der Waals surface area (Å²) in [5.74, 6) is 1.69. The van der Waals surface area contributed by atoms with Crippen molar-refractivity contribution < 1.29 is 19.0 Å². The lowest BCUT2D eigenvalue weighted by atomic mass is 10.2. The van der Waals surface area contributed by atoms with Crippen LogP contribution in [0.5, 0.6) is 17.2 Å². The molecule has 3 aromatic carbocycles. The number of hydrogen-bond donors (Lipinski definition) is 2. The Hall–Kier alpha value is -3.58. The summed E-state index contributed by atoms with van der Waals surface area (Å²) in [6, 6.07) is 24.0. The van der Waals surface area contributed by atoms with Gasteiger partial charge in [0, 0.05) is 5.69 Å². The molecule has 0 aliphatic rings. The Morgan fingerprint density at radius 3 is 2.17 bits per heavy atom. The van der Waals surface area contributed by atoms with E-state index >= 15 is 0 Å². The van der Waals surface area contributed by atoms with E-state index < -0.39 is 0 Å². The first-order valence-electron chi connectivity index (χ1n) is 11.9. The SMILES string of the molecule is CCCCCCOc1ccc(NC(=S)NC(=O)c2ccccc2OCCOc2ccccc2)cc1. The van der Waals surface area contributed by atoms with Crippen LogP contribution >= 0.6 is 12.2 Å². The van der Waals surface area contributed by atoms with Gasteiger partial charge >= 0.3 is 0 Å². The van der Waals surface area contributed by atoms with Gasteiger partial charge in [-0.1, -0.05) is 56.5 Å². The molecule has 7 heteroatoms. The third kappa shape index (κ3) is 9.29. The third-order valence-electron chi connectivity index (χ3n) is 5.09. The lowest BCUT2D eigenvalue weighted by molar-refractivity contribution is 0.0972. The molecule has 0 radical (unpaired) electrons. The van der Waals surface area contributed by atoms with Crippen LogP contribution in [0.25, 0.3) is 0 Å². The molecule has 35 heavy (non-hydrogen) atoms. The summed E-state index contributed by atoms with van der Waals surface area (Å²) >= 11 is 5.32. The maximum Gasteiger partial charge on any atom is 0.261 e. The van der Waals surface area contributed by atoms with Crippen molar-refractivity contribution in [2.45, 2.75) is 32.6 Å². The maximum atomic E-state index is 12.8. The highest BCUT2D eigenvalue weighted by Gasteiger charge is 2.14. The van der Waals surface area contributed by atoms with E-state index in [0.717, 1.165) is 23.6 Å². The second-order valence-corrected chi connectivity index (χ2v) is 8.26. The van der Waals surface area contributed by atoms with Gasteiger partial charge in [-0.15, -0.1) is 0 Å². The Kier molecular flexibility index (Phi) is 10.9. The van der Waals surface area contributed by atoms with Crippen LogP contribution in [-0.4, -0.2) is 30.8 Å². The van der Waals surface area contributed by atoms with Gasteiger partial charge in [0.05, 0.1) is 12.2 Å². The second kappa shape index (κ2) is 14.6. The van der Waals surface area contributed by atoms with Crippen LogP contribution in [0.2, 0.25) is 0 Å². The van der Waals surface area contributed by atoms with E-state index in [2.05, 4.69) is 17.6 Å². The summed E-state index contributed by atoms with van der Waals surface area (Å²) in [5, 5.41) is 5.94. The first-order chi connectivity index (χ1) is 17.2. The fourth-order valence-electron chi connectivity index (χ4n) is 3.29. The first kappa shape index (κ1) is 26.0. The highest BCUT2D eigenvalue weighted by atomic mass is 32.1. The van der Waals surface area contributed by atoms with Crippen molar-refractivity contribution in [3.05, 3.63) is 84.4 Å². The molecule has 3 rings (SSSR count). The Bertz CT molecular complexity index is 1060. The average Bonchev–Trinajstić information content (AvgIpc) is 2.88. The van der Waals surface area contributed by atoms with E-state index in [1.54, 1.807) is 18.2 Å². The van der Waals surface area contributed by atoms with Crippen LogP contribution < -0.4 is 24.8 Å². The smallest absolute Gasteiger partial charge is 0.261 e. The molecule has 0 aromatic heterocycles. The molecule has 0 aliphatic heterocycles. The van der Waals surface area contributed by atoms with Gasteiger partial charge in [0.15, 0.2) is 5.11 Å². The molecule has 2 N–H and O–H groups in total. The van der Waals surface area contributed by atoms with E-state index in [1.165, 1.54) is 19.3 Å². The van der Waals surface area contributed by atoms with Gasteiger partial charge in [-0.2, -0.15) is 0 Å². The molecular weight excluding hydrogens is 460 g/mol. The van der Waals surface area contributed by atoms with Crippen LogP contribution in [0.4, 0.5) is 5.69 Å². The predicted octanol–water partition coefficient (Wildman–Crippen LogP) is 6.23. The van der Waals surface area contributed by atoms with Crippen molar-refractivity contribution >= 4 is 28.9 Å². The fourth-order valence-corrected chi connectivity index (χ4v) is 3.50. The predicted molar refractivity (Wildman–Crippen MR) is 144 cm³/mol. The van der Waals surface area contributed by atoms with Gasteiger partial charge in [0.25, 0.3) is 5.91 Å². The van der Waals surface area contributed by atoms with Crippen molar-refractivity contribution in [2.24, 2.45) is 0 Å². The summed E-state index contributed by atoms with van der Waals surface area (Å²) in [6.07, 6.45) is 4.67. The van der Waals surface area contributed by atoms with Crippen molar-refractivity contribution in [3.8, 4) is 17.2 Å². The fraction of sp³-hybridized carbons (Fsp3) is 0.286. The molecule has 0 unspecified atom stereocenters. The number of benzene rings is 3. The van der Waals surface area contributed by atoms with E-state index in [0.29, 0.717) is 31.1 Å². The Morgan fingerprint density at radius 2 is 1.40 bits per heavy atom. The van der Waals surface area contributed by atoms with E-state index in [-0.39, 0.29) is 11.0 Å². The van der Waals surface area contributed by atoms with Crippen LogP contribution in [0, 0.1) is 0 Å². The largest absolute Gasteiger partial charge is 0.494 e. The van der Waals surface area contributed by atoms with E-state index in [9.17, 15) is 4.79 Å². The van der Waals surface area contributed by atoms with Crippen LogP contribution in [0.1, 0.15) is 43.0 Å². The quantitative estimate of drug-likeness (QED) is 0.218. The first-order valence-corrected chi connectivity index (χ1v) is 12.3. The van der Waals surface area contributed by atoms with Crippen molar-refractivity contribution in [1.29, 1.82) is 0 Å². The van der Waals surface area contributed by atoms with Crippen molar-refractivity contribution in [1.82, 2.24) is 5.32 Å². The van der Waals surface area contributed by atoms with Gasteiger partial charge in [0.1, 0.15) is 30.5 Å². The molecule has 0 heterocycles. The molecule has 0 spiro atoms. The number of nitrogens with one attached hydrogen (secondary N) is 2.